The molecule has 0 aliphatic carbocycles. The third-order valence-electron chi connectivity index (χ3n) is 3.26. The first-order chi connectivity index (χ1) is 8.78. The second-order valence-electron chi connectivity index (χ2n) is 4.78. The van der Waals surface area contributed by atoms with E-state index >= 15 is 0 Å². The summed E-state index contributed by atoms with van der Waals surface area (Å²) in [4.78, 5) is 11.9. The van der Waals surface area contributed by atoms with Gasteiger partial charge in [-0.05, 0) is 24.0 Å². The first-order valence-electron chi connectivity index (χ1n) is 6.60. The topological polar surface area (TPSA) is 58.4 Å². The predicted octanol–water partition coefficient (Wildman–Crippen LogP) is 1.20. The van der Waals surface area contributed by atoms with Crippen molar-refractivity contribution in [1.29, 1.82) is 0 Å². The average Bonchev–Trinajstić information content (AvgIpc) is 2.40. The van der Waals surface area contributed by atoms with Crippen LogP contribution < -0.4 is 11.2 Å². The van der Waals surface area contributed by atoms with Crippen molar-refractivity contribution in [2.45, 2.75) is 32.2 Å². The molecule has 1 heterocycles. The van der Waals surface area contributed by atoms with Crippen molar-refractivity contribution < 1.29 is 4.79 Å². The summed E-state index contributed by atoms with van der Waals surface area (Å²) in [5, 5.41) is 2.03. The van der Waals surface area contributed by atoms with Crippen LogP contribution in [0, 0.1) is 0 Å². The SMILES string of the molecule is NCc1ccc(CC(=O)NN2CCCCC2)cc1. The van der Waals surface area contributed by atoms with Gasteiger partial charge in [-0.2, -0.15) is 0 Å². The van der Waals surface area contributed by atoms with Gasteiger partial charge in [-0.15, -0.1) is 0 Å². The summed E-state index contributed by atoms with van der Waals surface area (Å²) < 4.78 is 0. The van der Waals surface area contributed by atoms with E-state index in [9.17, 15) is 4.79 Å². The number of amides is 1. The van der Waals surface area contributed by atoms with Crippen LogP contribution in [0.3, 0.4) is 0 Å². The molecule has 0 atom stereocenters. The molecule has 0 saturated carbocycles. The summed E-state index contributed by atoms with van der Waals surface area (Å²) in [5.74, 6) is 0.0670. The van der Waals surface area contributed by atoms with Gasteiger partial charge in [0.2, 0.25) is 5.91 Å². The van der Waals surface area contributed by atoms with Crippen molar-refractivity contribution in [2.75, 3.05) is 13.1 Å². The number of hydrogen-bond acceptors (Lipinski definition) is 3. The number of hydrogen-bond donors (Lipinski definition) is 2. The maximum Gasteiger partial charge on any atom is 0.238 e. The van der Waals surface area contributed by atoms with Crippen molar-refractivity contribution in [3.8, 4) is 0 Å². The van der Waals surface area contributed by atoms with Gasteiger partial charge in [-0.3, -0.25) is 10.2 Å². The van der Waals surface area contributed by atoms with Gasteiger partial charge in [0.05, 0.1) is 6.42 Å². The molecule has 2 rings (SSSR count). The summed E-state index contributed by atoms with van der Waals surface area (Å²) in [6, 6.07) is 7.89. The molecule has 0 spiro atoms. The number of nitrogens with two attached hydrogens (primary N) is 1. The van der Waals surface area contributed by atoms with E-state index in [1.165, 1.54) is 19.3 Å². The van der Waals surface area contributed by atoms with Crippen LogP contribution in [0.4, 0.5) is 0 Å². The highest BCUT2D eigenvalue weighted by Crippen LogP contribution is 2.07. The zero-order chi connectivity index (χ0) is 12.8. The number of carbonyl (C=O) groups is 1. The van der Waals surface area contributed by atoms with Gasteiger partial charge in [-0.25, -0.2) is 5.01 Å². The van der Waals surface area contributed by atoms with Crippen molar-refractivity contribution in [2.24, 2.45) is 5.73 Å². The first kappa shape index (κ1) is 13.1. The molecule has 1 aliphatic rings. The van der Waals surface area contributed by atoms with E-state index in [1.807, 2.05) is 29.3 Å². The third-order valence-corrected chi connectivity index (χ3v) is 3.26. The maximum absolute atomic E-state index is 11.9. The molecule has 3 N–H and O–H groups in total. The molecular formula is C14H21N3O. The molecule has 4 nitrogen and oxygen atoms in total. The fourth-order valence-corrected chi connectivity index (χ4v) is 2.20. The van der Waals surface area contributed by atoms with Gasteiger partial charge in [0.15, 0.2) is 0 Å². The number of piperidine rings is 1. The van der Waals surface area contributed by atoms with E-state index in [4.69, 9.17) is 5.73 Å². The number of benzene rings is 1. The summed E-state index contributed by atoms with van der Waals surface area (Å²) in [6.45, 7) is 2.48. The Kier molecular flexibility index (Phi) is 4.73. The monoisotopic (exact) mass is 247 g/mol. The molecule has 0 unspecified atom stereocenters. The van der Waals surface area contributed by atoms with Gasteiger partial charge in [0, 0.05) is 19.6 Å². The Hall–Kier alpha value is -1.39. The van der Waals surface area contributed by atoms with Gasteiger partial charge in [0.25, 0.3) is 0 Å². The normalized spacial score (nSPS) is 16.5. The van der Waals surface area contributed by atoms with Gasteiger partial charge < -0.3 is 5.73 Å². The molecule has 0 bridgehead atoms. The predicted molar refractivity (Wildman–Crippen MR) is 71.6 cm³/mol. The molecule has 98 valence electrons. The number of hydrazine groups is 1. The Morgan fingerprint density at radius 3 is 2.33 bits per heavy atom. The molecule has 18 heavy (non-hydrogen) atoms. The smallest absolute Gasteiger partial charge is 0.238 e. The van der Waals surface area contributed by atoms with E-state index in [2.05, 4.69) is 5.43 Å². The molecule has 1 saturated heterocycles. The van der Waals surface area contributed by atoms with E-state index in [0.717, 1.165) is 24.2 Å². The molecule has 4 heteroatoms. The van der Waals surface area contributed by atoms with Crippen molar-refractivity contribution in [1.82, 2.24) is 10.4 Å². The van der Waals surface area contributed by atoms with Crippen LogP contribution in [-0.4, -0.2) is 24.0 Å². The van der Waals surface area contributed by atoms with Crippen LogP contribution in [-0.2, 0) is 17.8 Å². The first-order valence-corrected chi connectivity index (χ1v) is 6.60. The number of carbonyl (C=O) groups excluding carboxylic acids is 1. The molecule has 1 aliphatic heterocycles. The highest BCUT2D eigenvalue weighted by atomic mass is 16.2. The molecule has 1 fully saturated rings. The summed E-state index contributed by atoms with van der Waals surface area (Å²) in [5.41, 5.74) is 10.6. The summed E-state index contributed by atoms with van der Waals surface area (Å²) >= 11 is 0. The van der Waals surface area contributed by atoms with Crippen molar-refractivity contribution >= 4 is 5.91 Å². The van der Waals surface area contributed by atoms with Gasteiger partial charge in [-0.1, -0.05) is 30.7 Å². The molecule has 0 radical (unpaired) electrons. The number of nitrogens with zero attached hydrogens (tertiary/aromatic N) is 1. The minimum atomic E-state index is 0.0670. The fraction of sp³-hybridized carbons (Fsp3) is 0.500. The van der Waals surface area contributed by atoms with Crippen LogP contribution >= 0.6 is 0 Å². The van der Waals surface area contributed by atoms with E-state index in [-0.39, 0.29) is 5.91 Å². The van der Waals surface area contributed by atoms with Gasteiger partial charge in [0.1, 0.15) is 0 Å². The Balaban J connectivity index is 1.82. The molecule has 1 amide bonds. The van der Waals surface area contributed by atoms with Crippen LogP contribution in [0.2, 0.25) is 0 Å². The Morgan fingerprint density at radius 2 is 1.72 bits per heavy atom. The lowest BCUT2D eigenvalue weighted by molar-refractivity contribution is -0.125. The molecular weight excluding hydrogens is 226 g/mol. The van der Waals surface area contributed by atoms with E-state index < -0.39 is 0 Å². The highest BCUT2D eigenvalue weighted by Gasteiger charge is 2.12. The minimum absolute atomic E-state index is 0.0670. The van der Waals surface area contributed by atoms with Crippen LogP contribution in [0.5, 0.6) is 0 Å². The van der Waals surface area contributed by atoms with E-state index in [0.29, 0.717) is 13.0 Å². The number of nitrogens with one attached hydrogen (secondary N) is 1. The Morgan fingerprint density at radius 1 is 1.11 bits per heavy atom. The fourth-order valence-electron chi connectivity index (χ4n) is 2.20. The van der Waals surface area contributed by atoms with E-state index in [1.54, 1.807) is 0 Å². The number of rotatable bonds is 4. The lowest BCUT2D eigenvalue weighted by atomic mass is 10.1. The third kappa shape index (κ3) is 3.82. The maximum atomic E-state index is 11.9. The Bertz CT molecular complexity index is 383. The zero-order valence-electron chi connectivity index (χ0n) is 10.7. The van der Waals surface area contributed by atoms with Gasteiger partial charge >= 0.3 is 0 Å². The quantitative estimate of drug-likeness (QED) is 0.840. The summed E-state index contributed by atoms with van der Waals surface area (Å²) in [6.07, 6.45) is 4.05. The molecule has 0 aromatic heterocycles. The lowest BCUT2D eigenvalue weighted by Crippen LogP contribution is -2.45. The van der Waals surface area contributed by atoms with Crippen LogP contribution in [0.25, 0.3) is 0 Å². The second kappa shape index (κ2) is 6.52. The largest absolute Gasteiger partial charge is 0.326 e. The van der Waals surface area contributed by atoms with Crippen LogP contribution in [0.15, 0.2) is 24.3 Å². The molecule has 1 aromatic rings. The molecule has 1 aromatic carbocycles. The minimum Gasteiger partial charge on any atom is -0.326 e. The summed E-state index contributed by atoms with van der Waals surface area (Å²) in [7, 11) is 0. The van der Waals surface area contributed by atoms with Crippen molar-refractivity contribution in [3.05, 3.63) is 35.4 Å². The second-order valence-corrected chi connectivity index (χ2v) is 4.78. The lowest BCUT2D eigenvalue weighted by Gasteiger charge is -2.26. The standard InChI is InChI=1S/C14H21N3O/c15-11-13-6-4-12(5-7-13)10-14(18)16-17-8-2-1-3-9-17/h4-7H,1-3,8-11,15H2,(H,16,18). The zero-order valence-corrected chi connectivity index (χ0v) is 10.7. The van der Waals surface area contributed by atoms with Crippen LogP contribution in [0.1, 0.15) is 30.4 Å². The highest BCUT2D eigenvalue weighted by molar-refractivity contribution is 5.78. The average molecular weight is 247 g/mol. The Labute approximate surface area is 108 Å². The van der Waals surface area contributed by atoms with Crippen molar-refractivity contribution in [3.63, 3.8) is 0 Å².